The van der Waals surface area contributed by atoms with E-state index in [0.29, 0.717) is 0 Å². The van der Waals surface area contributed by atoms with Crippen molar-refractivity contribution in [1.29, 1.82) is 0 Å². The van der Waals surface area contributed by atoms with Crippen molar-refractivity contribution in [2.45, 2.75) is 239 Å². The van der Waals surface area contributed by atoms with Crippen LogP contribution in [0.2, 0.25) is 161 Å². The summed E-state index contributed by atoms with van der Waals surface area (Å²) in [4.78, 5) is 0. The van der Waals surface area contributed by atoms with Gasteiger partial charge in [0, 0.05) is 0 Å². The second-order valence-electron chi connectivity index (χ2n) is 24.6. The minimum atomic E-state index is -1.84. The standard InChI is InChI=1S/C16H34OSi2.C16H22OSi2.C8H22OSi2.C6H18OSi2.C3H9ClSi/c2*1-18(2,15-11-7-5-8-12-15)17-19(3,4)16-13-9-6-10-14-16;1-7-10(3,4)9-11(5,6)8-2;1-8(2,3)7-9(4,5)6;1-5(2,3)4/h15-16H,5-14H2,1-4H3;5-14H,1-4H3;7-8H2,1-6H3;1-6H3;1-3H3. The Labute approximate surface area is 408 Å². The summed E-state index contributed by atoms with van der Waals surface area (Å²) in [5.41, 5.74) is 1.88. The molecule has 0 N–H and O–H groups in total. The third-order valence-corrected chi connectivity index (χ3v) is 41.6. The lowest BCUT2D eigenvalue weighted by Crippen LogP contribution is -2.57. The molecule has 0 amide bonds. The minimum Gasteiger partial charge on any atom is -0.456 e. The molecule has 4 rings (SSSR count). The molecule has 4 nitrogen and oxygen atoms in total. The highest BCUT2D eigenvalue weighted by Gasteiger charge is 2.43. The third kappa shape index (κ3) is 30.6. The summed E-state index contributed by atoms with van der Waals surface area (Å²) in [5.74, 6) is 0. The average molecular weight is 1050 g/mol. The molecule has 2 aromatic carbocycles. The molecular weight excluding hydrogens is 941 g/mol. The first-order valence-corrected chi connectivity index (χ1v) is 54.3. The number of rotatable bonds is 14. The molecule has 0 aromatic heterocycles. The van der Waals surface area contributed by atoms with Crippen molar-refractivity contribution in [1.82, 2.24) is 0 Å². The lowest BCUT2D eigenvalue weighted by Gasteiger charge is -2.44. The van der Waals surface area contributed by atoms with Crippen LogP contribution >= 0.6 is 11.1 Å². The molecule has 63 heavy (non-hydrogen) atoms. The largest absolute Gasteiger partial charge is 0.456 e. The molecule has 0 atom stereocenters. The van der Waals surface area contributed by atoms with E-state index in [0.717, 1.165) is 11.1 Å². The van der Waals surface area contributed by atoms with Gasteiger partial charge < -0.3 is 16.5 Å². The fourth-order valence-electron chi connectivity index (χ4n) is 8.69. The van der Waals surface area contributed by atoms with E-state index < -0.39 is 73.9 Å². The normalized spacial score (nSPS) is 16.5. The van der Waals surface area contributed by atoms with E-state index >= 15 is 0 Å². The van der Waals surface area contributed by atoms with Gasteiger partial charge in [-0.2, -0.15) is 11.1 Å². The first-order valence-electron chi connectivity index (χ1n) is 25.0. The third-order valence-electron chi connectivity index (χ3n) is 12.0. The van der Waals surface area contributed by atoms with Crippen LogP contribution in [0, 0.1) is 0 Å². The van der Waals surface area contributed by atoms with Crippen molar-refractivity contribution in [2.75, 3.05) is 0 Å². The van der Waals surface area contributed by atoms with Crippen LogP contribution in [0.4, 0.5) is 0 Å². The molecule has 0 saturated heterocycles. The Balaban J connectivity index is 0.000000817. The average Bonchev–Trinajstić information content (AvgIpc) is 3.14. The zero-order valence-corrected chi connectivity index (χ0v) is 55.7. The second kappa shape index (κ2) is 27.6. The van der Waals surface area contributed by atoms with Crippen LogP contribution in [0.1, 0.15) is 78.1 Å². The van der Waals surface area contributed by atoms with Crippen molar-refractivity contribution in [3.63, 3.8) is 0 Å². The fraction of sp³-hybridized carbons (Fsp3) is 0.755. The molecule has 0 aliphatic heterocycles. The van der Waals surface area contributed by atoms with Gasteiger partial charge >= 0.3 is 0 Å². The molecule has 0 bridgehead atoms. The van der Waals surface area contributed by atoms with Gasteiger partial charge in [-0.3, -0.25) is 0 Å². The molecule has 2 fully saturated rings. The quantitative estimate of drug-likeness (QED) is 0.140. The van der Waals surface area contributed by atoms with E-state index in [1.165, 1.54) is 86.7 Å². The number of halogens is 1. The molecule has 2 aromatic rings. The molecule has 2 aliphatic carbocycles. The van der Waals surface area contributed by atoms with Gasteiger partial charge in [0.1, 0.15) is 7.38 Å². The van der Waals surface area contributed by atoms with Crippen molar-refractivity contribution in [3.05, 3.63) is 60.7 Å². The SMILES string of the molecule is CC[Si](C)(C)O[Si](C)(C)CC.C[Si](C)(C)Cl.C[Si](C)(C)O[Si](C)(C)C.C[Si](C)(O[Si](C)(C)C1CCCCC1)C1CCCCC1.C[Si](C)(O[Si](C)(C)c1ccccc1)c1ccccc1. The van der Waals surface area contributed by atoms with E-state index in [-0.39, 0.29) is 0 Å². The maximum absolute atomic E-state index is 6.98. The van der Waals surface area contributed by atoms with Gasteiger partial charge in [0.15, 0.2) is 49.9 Å². The summed E-state index contributed by atoms with van der Waals surface area (Å²) in [6.07, 6.45) is 14.6. The summed E-state index contributed by atoms with van der Waals surface area (Å²) in [7, 11) is -12.7. The number of hydrogen-bond donors (Lipinski definition) is 0. The molecule has 2 aliphatic rings. The monoisotopic (exact) mass is 1040 g/mol. The first-order chi connectivity index (χ1) is 28.4. The highest BCUT2D eigenvalue weighted by Crippen LogP contribution is 2.43. The summed E-state index contributed by atoms with van der Waals surface area (Å²) >= 11 is 5.67. The Kier molecular flexibility index (Phi) is 27.9. The van der Waals surface area contributed by atoms with E-state index in [9.17, 15) is 0 Å². The zero-order chi connectivity index (χ0) is 49.2. The zero-order valence-electron chi connectivity index (χ0n) is 45.9. The van der Waals surface area contributed by atoms with Crippen LogP contribution in [0.3, 0.4) is 0 Å². The van der Waals surface area contributed by atoms with Crippen molar-refractivity contribution in [2.24, 2.45) is 0 Å². The van der Waals surface area contributed by atoms with Gasteiger partial charge in [-0.05, 0) is 151 Å². The van der Waals surface area contributed by atoms with E-state index in [1.807, 2.05) is 0 Å². The van der Waals surface area contributed by atoms with Crippen LogP contribution in [0.5, 0.6) is 0 Å². The van der Waals surface area contributed by atoms with Crippen molar-refractivity contribution in [3.8, 4) is 0 Å². The van der Waals surface area contributed by atoms with Gasteiger partial charge in [-0.1, -0.05) is 158 Å². The van der Waals surface area contributed by atoms with Crippen LogP contribution in [-0.4, -0.2) is 73.9 Å². The molecule has 0 radical (unpaired) electrons. The number of hydrogen-bond acceptors (Lipinski definition) is 4. The molecule has 0 heterocycles. The predicted octanol–water partition coefficient (Wildman–Crippen LogP) is 17.5. The van der Waals surface area contributed by atoms with Crippen LogP contribution in [-0.2, 0) is 16.5 Å². The van der Waals surface area contributed by atoms with Crippen LogP contribution in [0.15, 0.2) is 60.7 Å². The van der Waals surface area contributed by atoms with Crippen molar-refractivity contribution >= 4 is 95.4 Å². The lowest BCUT2D eigenvalue weighted by atomic mass is 10.0. The fourth-order valence-corrected chi connectivity index (χ4v) is 41.6. The number of benzene rings is 2. The lowest BCUT2D eigenvalue weighted by molar-refractivity contribution is 0.407. The Morgan fingerprint density at radius 3 is 0.889 bits per heavy atom. The molecule has 14 heteroatoms. The van der Waals surface area contributed by atoms with E-state index in [2.05, 4.69) is 212 Å². The van der Waals surface area contributed by atoms with Gasteiger partial charge in [0.2, 0.25) is 16.6 Å². The molecular formula is C49H105ClO4Si9. The van der Waals surface area contributed by atoms with Gasteiger partial charge in [0.25, 0.3) is 0 Å². The molecule has 0 spiro atoms. The summed E-state index contributed by atoms with van der Waals surface area (Å²) in [6, 6.07) is 23.8. The highest BCUT2D eigenvalue weighted by atomic mass is 35.6. The summed E-state index contributed by atoms with van der Waals surface area (Å²) in [5, 5.41) is 2.73. The maximum atomic E-state index is 6.98. The summed E-state index contributed by atoms with van der Waals surface area (Å²) in [6.45, 7) is 52.7. The molecule has 2 saturated carbocycles. The van der Waals surface area contributed by atoms with Crippen molar-refractivity contribution < 1.29 is 16.5 Å². The van der Waals surface area contributed by atoms with Crippen LogP contribution < -0.4 is 10.4 Å². The Bertz CT molecular complexity index is 1380. The Morgan fingerprint density at radius 2 is 0.667 bits per heavy atom. The smallest absolute Gasteiger partial charge is 0.206 e. The molecule has 368 valence electrons. The Morgan fingerprint density at radius 1 is 0.397 bits per heavy atom. The van der Waals surface area contributed by atoms with Crippen LogP contribution in [0.25, 0.3) is 0 Å². The summed E-state index contributed by atoms with van der Waals surface area (Å²) < 4.78 is 25.8. The van der Waals surface area contributed by atoms with Gasteiger partial charge in [0.05, 0.1) is 0 Å². The predicted molar refractivity (Wildman–Crippen MR) is 312 cm³/mol. The van der Waals surface area contributed by atoms with E-state index in [4.69, 9.17) is 27.5 Å². The Hall–Kier alpha value is 0.522. The second-order valence-corrected chi connectivity index (χ2v) is 67.5. The highest BCUT2D eigenvalue weighted by molar-refractivity contribution is 7.18. The van der Waals surface area contributed by atoms with Gasteiger partial charge in [-0.15, -0.1) is 0 Å². The topological polar surface area (TPSA) is 36.9 Å². The van der Waals surface area contributed by atoms with Gasteiger partial charge in [-0.25, -0.2) is 0 Å². The minimum absolute atomic E-state index is 0.941. The molecule has 0 unspecified atom stereocenters. The first kappa shape index (κ1) is 63.5. The van der Waals surface area contributed by atoms with E-state index in [1.54, 1.807) is 0 Å². The maximum Gasteiger partial charge on any atom is 0.206 e.